The Bertz CT molecular complexity index is 1150. The van der Waals surface area contributed by atoms with Crippen LogP contribution < -0.4 is 4.74 Å². The van der Waals surface area contributed by atoms with Crippen molar-refractivity contribution in [3.8, 4) is 5.75 Å². The fraction of sp³-hybridized carbons (Fsp3) is 0.458. The maximum Gasteiger partial charge on any atom is 0.313 e. The van der Waals surface area contributed by atoms with Gasteiger partial charge in [0.15, 0.2) is 0 Å². The number of hydrogen-bond acceptors (Lipinski definition) is 9. The van der Waals surface area contributed by atoms with Gasteiger partial charge in [-0.2, -0.15) is 17.2 Å². The molecule has 0 aromatic heterocycles. The summed E-state index contributed by atoms with van der Waals surface area (Å²) in [5.41, 5.74) is 0.927. The van der Waals surface area contributed by atoms with Crippen LogP contribution in [-0.4, -0.2) is 73.8 Å². The molecule has 0 fully saturated rings. The average molecular weight is 587 g/mol. The van der Waals surface area contributed by atoms with Crippen LogP contribution in [0.1, 0.15) is 12.0 Å². The van der Waals surface area contributed by atoms with Gasteiger partial charge in [0.1, 0.15) is 0 Å². The zero-order valence-corrected chi connectivity index (χ0v) is 21.7. The maximum absolute atomic E-state index is 13.5. The van der Waals surface area contributed by atoms with E-state index in [2.05, 4.69) is 4.74 Å². The van der Waals surface area contributed by atoms with Crippen molar-refractivity contribution in [2.24, 2.45) is 0 Å². The van der Waals surface area contributed by atoms with Gasteiger partial charge in [-0.05, 0) is 19.1 Å². The number of ether oxygens (including phenoxy) is 5. The van der Waals surface area contributed by atoms with Crippen molar-refractivity contribution in [1.29, 1.82) is 0 Å². The summed E-state index contributed by atoms with van der Waals surface area (Å²) in [4.78, 5) is 11.7. The highest BCUT2D eigenvalue weighted by molar-refractivity contribution is 7.86. The summed E-state index contributed by atoms with van der Waals surface area (Å²) in [6.45, 7) is 2.55. The minimum atomic E-state index is -3.84. The second kappa shape index (κ2) is 16.4. The second-order valence-electron chi connectivity index (χ2n) is 7.66. The topological polar surface area (TPSA) is 107 Å². The zero-order chi connectivity index (χ0) is 28.8. The number of hydrogen-bond donors (Lipinski definition) is 0. The molecule has 2 aromatic carbocycles. The molecular weight excluding hydrogens is 559 g/mol. The Morgan fingerprint density at radius 1 is 0.641 bits per heavy atom. The fourth-order valence-electron chi connectivity index (χ4n) is 2.73. The Labute approximate surface area is 221 Å². The number of carbonyl (C=O) groups is 1. The van der Waals surface area contributed by atoms with Crippen LogP contribution in [0.3, 0.4) is 0 Å². The summed E-state index contributed by atoms with van der Waals surface area (Å²) in [6, 6.07) is 6.26. The number of carbonyl (C=O) groups excluding carboxylic acids is 1. The minimum absolute atomic E-state index is 0.0460. The molecule has 0 bridgehead atoms. The molecular formula is C24H27F5O9S. The van der Waals surface area contributed by atoms with Crippen LogP contribution in [0.2, 0.25) is 0 Å². The van der Waals surface area contributed by atoms with Crippen molar-refractivity contribution >= 4 is 16.1 Å². The first-order chi connectivity index (χ1) is 18.5. The van der Waals surface area contributed by atoms with Crippen molar-refractivity contribution in [3.05, 3.63) is 58.9 Å². The van der Waals surface area contributed by atoms with Crippen LogP contribution in [0, 0.1) is 36.0 Å². The molecule has 0 aliphatic carbocycles. The third kappa shape index (κ3) is 10.8. The van der Waals surface area contributed by atoms with Gasteiger partial charge in [-0.1, -0.05) is 17.7 Å². The average Bonchev–Trinajstić information content (AvgIpc) is 2.91. The van der Waals surface area contributed by atoms with Crippen LogP contribution >= 0.6 is 0 Å². The lowest BCUT2D eigenvalue weighted by atomic mass is 10.2. The van der Waals surface area contributed by atoms with E-state index < -0.39 is 57.3 Å². The molecule has 2 aromatic rings. The predicted octanol–water partition coefficient (Wildman–Crippen LogP) is 3.46. The summed E-state index contributed by atoms with van der Waals surface area (Å²) >= 11 is 0. The Morgan fingerprint density at radius 3 is 1.54 bits per heavy atom. The number of aryl methyl sites for hydroxylation is 1. The van der Waals surface area contributed by atoms with E-state index in [4.69, 9.17) is 23.1 Å². The third-order valence-corrected chi connectivity index (χ3v) is 6.05. The normalized spacial score (nSPS) is 11.6. The standard InChI is InChI=1S/C24H27F5O9S/c1-16-2-4-17(5-3-16)39(31,32)37-15-14-36-13-12-35-11-10-34-9-8-33-7-6-18(30)38-24-22(28)20(26)19(25)21(27)23(24)29/h2-5H,6-15H2,1H3. The largest absolute Gasteiger partial charge is 0.420 e. The molecule has 0 amide bonds. The molecule has 0 aliphatic rings. The number of esters is 1. The molecule has 0 spiro atoms. The van der Waals surface area contributed by atoms with Crippen LogP contribution in [0.25, 0.3) is 0 Å². The molecule has 9 nitrogen and oxygen atoms in total. The first-order valence-electron chi connectivity index (χ1n) is 11.5. The third-order valence-electron chi connectivity index (χ3n) is 4.73. The van der Waals surface area contributed by atoms with Crippen molar-refractivity contribution in [2.75, 3.05) is 59.5 Å². The molecule has 2 rings (SSSR count). The highest BCUT2D eigenvalue weighted by Gasteiger charge is 2.28. The maximum atomic E-state index is 13.5. The SMILES string of the molecule is Cc1ccc(S(=O)(=O)OCCOCCOCCOCCOCCC(=O)Oc2c(F)c(F)c(F)c(F)c2F)cc1. The summed E-state index contributed by atoms with van der Waals surface area (Å²) in [6.07, 6.45) is -0.508. The Balaban J connectivity index is 1.43. The van der Waals surface area contributed by atoms with Crippen LogP contribution in [0.15, 0.2) is 29.2 Å². The molecule has 0 heterocycles. The fourth-order valence-corrected chi connectivity index (χ4v) is 3.63. The van der Waals surface area contributed by atoms with Gasteiger partial charge in [0, 0.05) is 0 Å². The minimum Gasteiger partial charge on any atom is -0.420 e. The van der Waals surface area contributed by atoms with Gasteiger partial charge in [0.25, 0.3) is 10.1 Å². The van der Waals surface area contributed by atoms with Gasteiger partial charge in [0.05, 0.1) is 70.8 Å². The molecule has 0 unspecified atom stereocenters. The zero-order valence-electron chi connectivity index (χ0n) is 20.9. The Hall–Kier alpha value is -2.69. The van der Waals surface area contributed by atoms with E-state index >= 15 is 0 Å². The van der Waals surface area contributed by atoms with E-state index in [-0.39, 0.29) is 64.4 Å². The van der Waals surface area contributed by atoms with Crippen LogP contribution in [0.5, 0.6) is 5.75 Å². The molecule has 0 atom stereocenters. The number of halogens is 5. The van der Waals surface area contributed by atoms with E-state index in [0.29, 0.717) is 0 Å². The Kier molecular flexibility index (Phi) is 13.7. The van der Waals surface area contributed by atoms with Gasteiger partial charge in [0.2, 0.25) is 34.8 Å². The summed E-state index contributed by atoms with van der Waals surface area (Å²) in [5.74, 6) is -14.2. The van der Waals surface area contributed by atoms with Crippen molar-refractivity contribution in [3.63, 3.8) is 0 Å². The first kappa shape index (κ1) is 32.5. The van der Waals surface area contributed by atoms with Gasteiger partial charge in [-0.25, -0.2) is 13.2 Å². The second-order valence-corrected chi connectivity index (χ2v) is 9.28. The van der Waals surface area contributed by atoms with Gasteiger partial charge in [-0.15, -0.1) is 0 Å². The summed E-state index contributed by atoms with van der Waals surface area (Å²) < 4.78 is 120. The van der Waals surface area contributed by atoms with E-state index in [0.717, 1.165) is 5.56 Å². The molecule has 218 valence electrons. The van der Waals surface area contributed by atoms with Gasteiger partial charge >= 0.3 is 5.97 Å². The summed E-state index contributed by atoms with van der Waals surface area (Å²) in [5, 5.41) is 0. The quantitative estimate of drug-likeness (QED) is 0.0494. The Morgan fingerprint density at radius 2 is 1.05 bits per heavy atom. The smallest absolute Gasteiger partial charge is 0.313 e. The lowest BCUT2D eigenvalue weighted by Gasteiger charge is -2.09. The molecule has 0 N–H and O–H groups in total. The molecule has 15 heteroatoms. The first-order valence-corrected chi connectivity index (χ1v) is 12.9. The monoisotopic (exact) mass is 586 g/mol. The summed E-state index contributed by atoms with van der Waals surface area (Å²) in [7, 11) is -3.84. The lowest BCUT2D eigenvalue weighted by molar-refractivity contribution is -0.136. The lowest BCUT2D eigenvalue weighted by Crippen LogP contribution is -2.16. The molecule has 0 saturated carbocycles. The number of rotatable bonds is 18. The molecule has 39 heavy (non-hydrogen) atoms. The molecule has 0 radical (unpaired) electrons. The molecule has 0 saturated heterocycles. The van der Waals surface area contributed by atoms with Crippen molar-refractivity contribution in [2.45, 2.75) is 18.2 Å². The molecule has 0 aliphatic heterocycles. The van der Waals surface area contributed by atoms with Crippen molar-refractivity contribution in [1.82, 2.24) is 0 Å². The van der Waals surface area contributed by atoms with Crippen LogP contribution in [0.4, 0.5) is 22.0 Å². The van der Waals surface area contributed by atoms with Gasteiger partial charge < -0.3 is 23.7 Å². The van der Waals surface area contributed by atoms with Gasteiger partial charge in [-0.3, -0.25) is 8.98 Å². The van der Waals surface area contributed by atoms with Crippen LogP contribution in [-0.2, 0) is 38.0 Å². The predicted molar refractivity (Wildman–Crippen MR) is 124 cm³/mol. The highest BCUT2D eigenvalue weighted by Crippen LogP contribution is 2.29. The van der Waals surface area contributed by atoms with E-state index in [1.807, 2.05) is 6.92 Å². The number of benzene rings is 2. The van der Waals surface area contributed by atoms with E-state index in [1.165, 1.54) is 12.1 Å². The van der Waals surface area contributed by atoms with Crippen molar-refractivity contribution < 1.29 is 63.0 Å². The van der Waals surface area contributed by atoms with E-state index in [1.54, 1.807) is 12.1 Å². The highest BCUT2D eigenvalue weighted by atomic mass is 32.2. The van der Waals surface area contributed by atoms with E-state index in [9.17, 15) is 35.2 Å².